The van der Waals surface area contributed by atoms with Gasteiger partial charge in [0.15, 0.2) is 0 Å². The number of rotatable bonds is 4. The van der Waals surface area contributed by atoms with Gasteiger partial charge in [0.2, 0.25) is 5.91 Å². The second-order valence-electron chi connectivity index (χ2n) is 4.99. The van der Waals surface area contributed by atoms with Crippen molar-refractivity contribution in [3.63, 3.8) is 0 Å². The smallest absolute Gasteiger partial charge is 0.228 e. The van der Waals surface area contributed by atoms with Crippen LogP contribution in [0.3, 0.4) is 0 Å². The van der Waals surface area contributed by atoms with Crippen molar-refractivity contribution in [2.75, 3.05) is 5.32 Å². The Morgan fingerprint density at radius 1 is 1.05 bits per heavy atom. The Labute approximate surface area is 123 Å². The largest absolute Gasteiger partial charge is 0.464 e. The molecule has 0 aliphatic rings. The molecule has 3 nitrogen and oxygen atoms in total. The summed E-state index contributed by atoms with van der Waals surface area (Å²) in [5.41, 5.74) is 3.76. The maximum absolute atomic E-state index is 12.2. The van der Waals surface area contributed by atoms with Gasteiger partial charge in [0.25, 0.3) is 0 Å². The number of nitrogens with one attached hydrogen (secondary N) is 1. The lowest BCUT2D eigenvalue weighted by atomic mass is 10.1. The molecule has 0 aliphatic heterocycles. The zero-order valence-corrected chi connectivity index (χ0v) is 11.9. The second-order valence-corrected chi connectivity index (χ2v) is 4.99. The normalized spacial score (nSPS) is 10.7. The van der Waals surface area contributed by atoms with Crippen molar-refractivity contribution in [3.8, 4) is 0 Å². The first-order valence-corrected chi connectivity index (χ1v) is 7.11. The van der Waals surface area contributed by atoms with E-state index in [0.29, 0.717) is 6.42 Å². The van der Waals surface area contributed by atoms with E-state index in [0.717, 1.165) is 34.2 Å². The van der Waals surface area contributed by atoms with Crippen molar-refractivity contribution in [1.82, 2.24) is 0 Å². The molecule has 1 aromatic heterocycles. The molecule has 0 bridgehead atoms. The van der Waals surface area contributed by atoms with Crippen LogP contribution in [0.25, 0.3) is 11.0 Å². The quantitative estimate of drug-likeness (QED) is 0.778. The zero-order chi connectivity index (χ0) is 14.7. The molecule has 1 heterocycles. The Balaban J connectivity index is 1.77. The Bertz CT molecular complexity index is 773. The molecule has 0 atom stereocenters. The Morgan fingerprint density at radius 3 is 2.67 bits per heavy atom. The molecule has 0 fully saturated rings. The van der Waals surface area contributed by atoms with Crippen molar-refractivity contribution in [2.24, 2.45) is 0 Å². The highest BCUT2D eigenvalue weighted by Crippen LogP contribution is 2.22. The first-order valence-electron chi connectivity index (χ1n) is 7.11. The fourth-order valence-corrected chi connectivity index (χ4v) is 2.49. The molecule has 0 radical (unpaired) electrons. The van der Waals surface area contributed by atoms with E-state index in [-0.39, 0.29) is 5.91 Å². The molecule has 3 rings (SSSR count). The van der Waals surface area contributed by atoms with Gasteiger partial charge in [0.05, 0.1) is 12.7 Å². The molecule has 2 aromatic carbocycles. The van der Waals surface area contributed by atoms with Crippen LogP contribution in [0, 0.1) is 0 Å². The lowest BCUT2D eigenvalue weighted by Crippen LogP contribution is -2.15. The van der Waals surface area contributed by atoms with Crippen molar-refractivity contribution in [3.05, 3.63) is 65.9 Å². The summed E-state index contributed by atoms with van der Waals surface area (Å²) in [6, 6.07) is 15.6. The van der Waals surface area contributed by atoms with Gasteiger partial charge < -0.3 is 9.73 Å². The topological polar surface area (TPSA) is 42.2 Å². The maximum atomic E-state index is 12.2. The number of amides is 1. The summed E-state index contributed by atoms with van der Waals surface area (Å²) in [5, 5.41) is 3.98. The SMILES string of the molecule is CCc1ccccc1NC(=O)Cc1coc2ccccc12. The molecule has 1 N–H and O–H groups in total. The molecule has 3 aromatic rings. The maximum Gasteiger partial charge on any atom is 0.228 e. The number of aryl methyl sites for hydroxylation is 1. The third-order valence-corrected chi connectivity index (χ3v) is 3.58. The van der Waals surface area contributed by atoms with Crippen LogP contribution in [0.4, 0.5) is 5.69 Å². The fraction of sp³-hybridized carbons (Fsp3) is 0.167. The van der Waals surface area contributed by atoms with Crippen LogP contribution in [-0.4, -0.2) is 5.91 Å². The third kappa shape index (κ3) is 2.82. The summed E-state index contributed by atoms with van der Waals surface area (Å²) in [7, 11) is 0. The summed E-state index contributed by atoms with van der Waals surface area (Å²) in [4.78, 5) is 12.2. The van der Waals surface area contributed by atoms with E-state index in [1.165, 1.54) is 0 Å². The fourth-order valence-electron chi connectivity index (χ4n) is 2.49. The molecular formula is C18H17NO2. The zero-order valence-electron chi connectivity index (χ0n) is 11.9. The molecule has 1 amide bonds. The Morgan fingerprint density at radius 2 is 1.81 bits per heavy atom. The minimum atomic E-state index is -0.0255. The molecule has 0 aliphatic carbocycles. The number of furan rings is 1. The van der Waals surface area contributed by atoms with Gasteiger partial charge in [-0.3, -0.25) is 4.79 Å². The van der Waals surface area contributed by atoms with Crippen molar-refractivity contribution in [2.45, 2.75) is 19.8 Å². The number of anilines is 1. The first kappa shape index (κ1) is 13.4. The van der Waals surface area contributed by atoms with E-state index in [4.69, 9.17) is 4.42 Å². The average Bonchev–Trinajstić information content (AvgIpc) is 2.91. The molecule has 3 heteroatoms. The minimum absolute atomic E-state index is 0.0255. The van der Waals surface area contributed by atoms with Crippen molar-refractivity contribution in [1.29, 1.82) is 0 Å². The lowest BCUT2D eigenvalue weighted by molar-refractivity contribution is -0.115. The third-order valence-electron chi connectivity index (χ3n) is 3.58. The molecule has 0 saturated heterocycles. The van der Waals surface area contributed by atoms with E-state index in [2.05, 4.69) is 12.2 Å². The molecule has 21 heavy (non-hydrogen) atoms. The minimum Gasteiger partial charge on any atom is -0.464 e. The monoisotopic (exact) mass is 279 g/mol. The van der Waals surface area contributed by atoms with Crippen molar-refractivity contribution >= 4 is 22.6 Å². The van der Waals surface area contributed by atoms with Crippen LogP contribution in [0.2, 0.25) is 0 Å². The average molecular weight is 279 g/mol. The standard InChI is InChI=1S/C18H17NO2/c1-2-13-7-3-5-9-16(13)19-18(20)11-14-12-21-17-10-6-4-8-15(14)17/h3-10,12H,2,11H2,1H3,(H,19,20). The Kier molecular flexibility index (Phi) is 3.73. The van der Waals surface area contributed by atoms with Crippen LogP contribution in [0.1, 0.15) is 18.1 Å². The van der Waals surface area contributed by atoms with E-state index in [1.807, 2.05) is 48.5 Å². The summed E-state index contributed by atoms with van der Waals surface area (Å²) in [6.45, 7) is 2.08. The molecule has 0 unspecified atom stereocenters. The van der Waals surface area contributed by atoms with E-state index in [9.17, 15) is 4.79 Å². The highest BCUT2D eigenvalue weighted by Gasteiger charge is 2.11. The Hall–Kier alpha value is -2.55. The molecule has 0 spiro atoms. The van der Waals surface area contributed by atoms with Crippen LogP contribution in [-0.2, 0) is 17.6 Å². The van der Waals surface area contributed by atoms with Gasteiger partial charge in [-0.1, -0.05) is 43.3 Å². The molecule has 0 saturated carbocycles. The second kappa shape index (κ2) is 5.83. The van der Waals surface area contributed by atoms with Gasteiger partial charge >= 0.3 is 0 Å². The highest BCUT2D eigenvalue weighted by atomic mass is 16.3. The summed E-state index contributed by atoms with van der Waals surface area (Å²) in [5.74, 6) is -0.0255. The number of carbonyl (C=O) groups excluding carboxylic acids is 1. The molecular weight excluding hydrogens is 262 g/mol. The summed E-state index contributed by atoms with van der Waals surface area (Å²) >= 11 is 0. The van der Waals surface area contributed by atoms with E-state index >= 15 is 0 Å². The van der Waals surface area contributed by atoms with Gasteiger partial charge in [-0.2, -0.15) is 0 Å². The van der Waals surface area contributed by atoms with Gasteiger partial charge in [0, 0.05) is 16.6 Å². The number of hydrogen-bond acceptors (Lipinski definition) is 2. The van der Waals surface area contributed by atoms with Crippen LogP contribution in [0.5, 0.6) is 0 Å². The number of para-hydroxylation sites is 2. The first-order chi connectivity index (χ1) is 10.3. The summed E-state index contributed by atoms with van der Waals surface area (Å²) in [6.07, 6.45) is 2.87. The number of benzene rings is 2. The number of fused-ring (bicyclic) bond motifs is 1. The van der Waals surface area contributed by atoms with Gasteiger partial charge in [-0.25, -0.2) is 0 Å². The van der Waals surface area contributed by atoms with E-state index in [1.54, 1.807) is 6.26 Å². The highest BCUT2D eigenvalue weighted by molar-refractivity contribution is 5.95. The predicted octanol–water partition coefficient (Wildman–Crippen LogP) is 4.18. The van der Waals surface area contributed by atoms with Crippen LogP contribution >= 0.6 is 0 Å². The lowest BCUT2D eigenvalue weighted by Gasteiger charge is -2.09. The number of carbonyl (C=O) groups is 1. The molecule has 106 valence electrons. The van der Waals surface area contributed by atoms with Gasteiger partial charge in [-0.05, 0) is 24.1 Å². The van der Waals surface area contributed by atoms with Crippen LogP contribution in [0.15, 0.2) is 59.2 Å². The van der Waals surface area contributed by atoms with Gasteiger partial charge in [-0.15, -0.1) is 0 Å². The predicted molar refractivity (Wildman–Crippen MR) is 84.4 cm³/mol. The van der Waals surface area contributed by atoms with E-state index < -0.39 is 0 Å². The van der Waals surface area contributed by atoms with Crippen molar-refractivity contribution < 1.29 is 9.21 Å². The summed E-state index contributed by atoms with van der Waals surface area (Å²) < 4.78 is 5.47. The van der Waals surface area contributed by atoms with Crippen LogP contribution < -0.4 is 5.32 Å². The number of hydrogen-bond donors (Lipinski definition) is 1. The van der Waals surface area contributed by atoms with Gasteiger partial charge in [0.1, 0.15) is 5.58 Å².